The average Bonchev–Trinajstić information content (AvgIpc) is 3.28. The van der Waals surface area contributed by atoms with Crippen molar-refractivity contribution in [1.29, 1.82) is 0 Å². The number of nitrogens with zero attached hydrogens (tertiary/aromatic N) is 3. The van der Waals surface area contributed by atoms with Crippen LogP contribution in [0.25, 0.3) is 0 Å². The van der Waals surface area contributed by atoms with E-state index in [0.29, 0.717) is 5.01 Å². The van der Waals surface area contributed by atoms with Crippen LogP contribution in [0.2, 0.25) is 0 Å². The monoisotopic (exact) mass is 361 g/mol. The number of nitrogens with one attached hydrogen (secondary N) is 1. The van der Waals surface area contributed by atoms with Crippen LogP contribution in [-0.2, 0) is 0 Å². The molecule has 0 bridgehead atoms. The second kappa shape index (κ2) is 11.2. The number of carbonyl (C=O) groups excluding carboxylic acids is 1. The van der Waals surface area contributed by atoms with Crippen molar-refractivity contribution in [3.63, 3.8) is 0 Å². The van der Waals surface area contributed by atoms with Gasteiger partial charge in [-0.1, -0.05) is 17.8 Å². The molecule has 1 saturated carbocycles. The SMILES string of the molecule is CNC(=O)c1ncc(N2CCN([C@H]3C[CH-]CC3)CC2)s1.[CH2-]C.[K+]. The van der Waals surface area contributed by atoms with Crippen LogP contribution < -0.4 is 61.6 Å². The summed E-state index contributed by atoms with van der Waals surface area (Å²) in [6, 6.07) is 0.764. The summed E-state index contributed by atoms with van der Waals surface area (Å²) in [7, 11) is 1.64. The van der Waals surface area contributed by atoms with Crippen LogP contribution in [0.15, 0.2) is 6.20 Å². The minimum atomic E-state index is -0.0959. The molecule has 2 fully saturated rings. The second-order valence-electron chi connectivity index (χ2n) is 5.36. The minimum absolute atomic E-state index is 0. The fourth-order valence-electron chi connectivity index (χ4n) is 3.00. The molecule has 23 heavy (non-hydrogen) atoms. The van der Waals surface area contributed by atoms with Gasteiger partial charge >= 0.3 is 51.4 Å². The van der Waals surface area contributed by atoms with Crippen LogP contribution in [-0.4, -0.2) is 55.1 Å². The quantitative estimate of drug-likeness (QED) is 0.567. The molecular formula is C16H26KN4OS-. The molecule has 1 amide bonds. The third kappa shape index (κ3) is 5.76. The summed E-state index contributed by atoms with van der Waals surface area (Å²) >= 11 is 1.48. The van der Waals surface area contributed by atoms with Gasteiger partial charge in [0.1, 0.15) is 5.00 Å². The molecule has 1 aromatic rings. The van der Waals surface area contributed by atoms with Crippen molar-refractivity contribution in [2.45, 2.75) is 32.2 Å². The number of aromatic nitrogens is 1. The van der Waals surface area contributed by atoms with E-state index in [0.717, 1.165) is 37.2 Å². The first kappa shape index (κ1) is 21.5. The Morgan fingerprint density at radius 2 is 2.09 bits per heavy atom. The van der Waals surface area contributed by atoms with Gasteiger partial charge in [-0.05, 0) is 6.04 Å². The molecule has 2 heterocycles. The van der Waals surface area contributed by atoms with E-state index in [1.165, 1.54) is 30.6 Å². The number of carbonyl (C=O) groups is 1. The molecule has 7 heteroatoms. The Kier molecular flexibility index (Phi) is 10.5. The summed E-state index contributed by atoms with van der Waals surface area (Å²) in [5, 5.41) is 4.28. The van der Waals surface area contributed by atoms with Gasteiger partial charge in [0, 0.05) is 33.2 Å². The fraction of sp³-hybridized carbons (Fsp3) is 0.625. The molecule has 124 valence electrons. The topological polar surface area (TPSA) is 48.5 Å². The van der Waals surface area contributed by atoms with E-state index in [4.69, 9.17) is 0 Å². The van der Waals surface area contributed by atoms with Gasteiger partial charge in [-0.15, -0.1) is 0 Å². The maximum Gasteiger partial charge on any atom is 1.00 e. The van der Waals surface area contributed by atoms with Crippen LogP contribution in [0.5, 0.6) is 0 Å². The van der Waals surface area contributed by atoms with Gasteiger partial charge < -0.3 is 23.6 Å². The van der Waals surface area contributed by atoms with Crippen molar-refractivity contribution in [2.75, 3.05) is 38.1 Å². The number of thiazole rings is 1. The summed E-state index contributed by atoms with van der Waals surface area (Å²) in [6.45, 7) is 9.30. The number of piperazine rings is 1. The van der Waals surface area contributed by atoms with Gasteiger partial charge in [0.15, 0.2) is 5.01 Å². The van der Waals surface area contributed by atoms with Crippen molar-refractivity contribution >= 4 is 22.2 Å². The van der Waals surface area contributed by atoms with Crippen molar-refractivity contribution in [1.82, 2.24) is 15.2 Å². The molecule has 1 saturated heterocycles. The van der Waals surface area contributed by atoms with Crippen molar-refractivity contribution in [3.05, 3.63) is 24.5 Å². The molecule has 1 atom stereocenters. The first-order valence-corrected chi connectivity index (χ1v) is 8.79. The summed E-state index contributed by atoms with van der Waals surface area (Å²) in [6.07, 6.45) is 8.09. The Balaban J connectivity index is 0.000000849. The summed E-state index contributed by atoms with van der Waals surface area (Å²) in [5.41, 5.74) is 0. The maximum atomic E-state index is 11.5. The largest absolute Gasteiger partial charge is 1.00 e. The third-order valence-electron chi connectivity index (χ3n) is 4.20. The van der Waals surface area contributed by atoms with E-state index in [2.05, 4.69) is 33.4 Å². The molecule has 3 rings (SSSR count). The van der Waals surface area contributed by atoms with E-state index >= 15 is 0 Å². The van der Waals surface area contributed by atoms with Gasteiger partial charge in [0.25, 0.3) is 5.91 Å². The van der Waals surface area contributed by atoms with E-state index in [1.54, 1.807) is 14.0 Å². The zero-order chi connectivity index (χ0) is 15.9. The molecule has 0 aromatic carbocycles. The van der Waals surface area contributed by atoms with E-state index < -0.39 is 0 Å². The van der Waals surface area contributed by atoms with Crippen LogP contribution in [0.1, 0.15) is 36.0 Å². The number of hydrogen-bond acceptors (Lipinski definition) is 5. The maximum absolute atomic E-state index is 11.5. The number of anilines is 1. The molecule has 1 aliphatic carbocycles. The Hall–Kier alpha value is 0.496. The molecule has 5 nitrogen and oxygen atoms in total. The number of hydrogen-bond donors (Lipinski definition) is 1. The molecule has 0 radical (unpaired) electrons. The minimum Gasteiger partial charge on any atom is -0.360 e. The van der Waals surface area contributed by atoms with Crippen molar-refractivity contribution in [3.8, 4) is 0 Å². The Morgan fingerprint density at radius 1 is 1.39 bits per heavy atom. The number of rotatable bonds is 3. The predicted octanol–water partition coefficient (Wildman–Crippen LogP) is -0.774. The first-order valence-electron chi connectivity index (χ1n) is 7.97. The van der Waals surface area contributed by atoms with Crippen LogP contribution in [0.3, 0.4) is 0 Å². The zero-order valence-corrected chi connectivity index (χ0v) is 18.5. The van der Waals surface area contributed by atoms with Crippen molar-refractivity contribution < 1.29 is 56.2 Å². The molecule has 0 unspecified atom stereocenters. The van der Waals surface area contributed by atoms with Crippen LogP contribution >= 0.6 is 11.3 Å². The summed E-state index contributed by atoms with van der Waals surface area (Å²) < 4.78 is 0. The molecule has 1 aromatic heterocycles. The van der Waals surface area contributed by atoms with E-state index in [-0.39, 0.29) is 57.3 Å². The number of amides is 1. The summed E-state index contributed by atoms with van der Waals surface area (Å²) in [5.74, 6) is -0.0959. The Labute approximate surface area is 186 Å². The Bertz CT molecular complexity index is 468. The molecule has 1 aliphatic heterocycles. The van der Waals surface area contributed by atoms with Crippen LogP contribution in [0.4, 0.5) is 5.00 Å². The van der Waals surface area contributed by atoms with Crippen LogP contribution in [0, 0.1) is 13.3 Å². The van der Waals surface area contributed by atoms with Gasteiger partial charge in [-0.25, -0.2) is 4.98 Å². The standard InChI is InChI=1S/C14H21N4OS.C2H5.K/c1-15-13(19)14-16-10-12(20-14)18-8-6-17(7-9-18)11-4-2-3-5-11;1-2;/h2,10-11H,3-9H2,1H3,(H,15,19);1H2,2H3;/q2*-1;+1/t11-;;/m0../s1. The molecule has 0 spiro atoms. The predicted molar refractivity (Wildman–Crippen MR) is 92.3 cm³/mol. The van der Waals surface area contributed by atoms with E-state index in [1.807, 2.05) is 6.20 Å². The third-order valence-corrected chi connectivity index (χ3v) is 5.26. The first-order chi connectivity index (χ1) is 10.8. The Morgan fingerprint density at radius 3 is 2.65 bits per heavy atom. The smallest absolute Gasteiger partial charge is 0.360 e. The molecule has 2 aliphatic rings. The second-order valence-corrected chi connectivity index (χ2v) is 6.37. The van der Waals surface area contributed by atoms with Crippen molar-refractivity contribution in [2.24, 2.45) is 0 Å². The molecular weight excluding hydrogens is 335 g/mol. The average molecular weight is 362 g/mol. The van der Waals surface area contributed by atoms with E-state index in [9.17, 15) is 4.79 Å². The summed E-state index contributed by atoms with van der Waals surface area (Å²) in [4.78, 5) is 20.7. The zero-order valence-electron chi connectivity index (χ0n) is 14.5. The van der Waals surface area contributed by atoms with Gasteiger partial charge in [-0.2, -0.15) is 19.8 Å². The normalized spacial score (nSPS) is 21.2. The fourth-order valence-corrected chi connectivity index (χ4v) is 3.92. The van der Waals surface area contributed by atoms with Gasteiger partial charge in [0.2, 0.25) is 0 Å². The van der Waals surface area contributed by atoms with Gasteiger partial charge in [0.05, 0.1) is 6.20 Å². The van der Waals surface area contributed by atoms with Gasteiger partial charge in [-0.3, -0.25) is 9.69 Å². The molecule has 1 N–H and O–H groups in total.